The highest BCUT2D eigenvalue weighted by Gasteiger charge is 2.46. The maximum absolute atomic E-state index is 10.0. The third-order valence-electron chi connectivity index (χ3n) is 9.30. The summed E-state index contributed by atoms with van der Waals surface area (Å²) in [6.07, 6.45) is 9.06. The molecule has 0 N–H and O–H groups in total. The number of nitriles is 2. The number of hydrogen-bond donors (Lipinski definition) is 0. The van der Waals surface area contributed by atoms with Crippen LogP contribution in [0.15, 0.2) is 115 Å². The second-order valence-corrected chi connectivity index (χ2v) is 11.8. The highest BCUT2D eigenvalue weighted by molar-refractivity contribution is 5.79. The summed E-state index contributed by atoms with van der Waals surface area (Å²) in [6, 6.07) is 35.2. The van der Waals surface area contributed by atoms with E-state index in [0.717, 1.165) is 77.7 Å². The van der Waals surface area contributed by atoms with Gasteiger partial charge in [0.1, 0.15) is 5.76 Å². The van der Waals surface area contributed by atoms with Gasteiger partial charge in [0.25, 0.3) is 0 Å². The van der Waals surface area contributed by atoms with Crippen LogP contribution in [0.4, 0.5) is 17.1 Å². The summed E-state index contributed by atoms with van der Waals surface area (Å²) < 4.78 is 12.8. The Morgan fingerprint density at radius 2 is 1.20 bits per heavy atom. The normalized spacial score (nSPS) is 21.5. The molecule has 214 valence electrons. The third kappa shape index (κ3) is 4.22. The third-order valence-corrected chi connectivity index (χ3v) is 9.30. The van der Waals surface area contributed by atoms with Gasteiger partial charge in [-0.05, 0) is 98.3 Å². The van der Waals surface area contributed by atoms with Crippen molar-refractivity contribution in [3.05, 3.63) is 131 Å². The average molecular weight is 575 g/mol. The fourth-order valence-electron chi connectivity index (χ4n) is 7.59. The standard InChI is InChI=1S/C38H30N4O2/c39-23-25-20-26(24-40)22-27(21-25)38-32(41-28-10-1-5-16-34(28)43-35-17-6-2-11-29(35)41)14-9-15-33(38)42-30-12-3-7-18-36(30)44-37-19-8-4-13-31(37)42/h1-3,5-8,10-12,16-22,32-33,38H,4,9,13-15H2. The van der Waals surface area contributed by atoms with Gasteiger partial charge in [-0.2, -0.15) is 10.5 Å². The van der Waals surface area contributed by atoms with Crippen LogP contribution in [0, 0.1) is 22.7 Å². The molecule has 44 heavy (non-hydrogen) atoms. The molecule has 3 atom stereocenters. The lowest BCUT2D eigenvalue weighted by atomic mass is 9.73. The first-order valence-electron chi connectivity index (χ1n) is 15.3. The number of benzene rings is 4. The van der Waals surface area contributed by atoms with E-state index in [1.165, 1.54) is 5.70 Å². The topological polar surface area (TPSA) is 72.5 Å². The molecule has 1 fully saturated rings. The minimum absolute atomic E-state index is 0.0265. The lowest BCUT2D eigenvalue weighted by Gasteiger charge is -2.51. The lowest BCUT2D eigenvalue weighted by molar-refractivity contribution is 0.312. The van der Waals surface area contributed by atoms with Gasteiger partial charge in [0.2, 0.25) is 0 Å². The van der Waals surface area contributed by atoms with Crippen LogP contribution in [0.5, 0.6) is 17.2 Å². The number of anilines is 3. The fourth-order valence-corrected chi connectivity index (χ4v) is 7.59. The molecule has 4 aromatic carbocycles. The predicted molar refractivity (Wildman–Crippen MR) is 170 cm³/mol. The fraction of sp³-hybridized carbons (Fsp3) is 0.211. The van der Waals surface area contributed by atoms with E-state index >= 15 is 0 Å². The Bertz CT molecular complexity index is 1850. The number of nitrogens with zero attached hydrogens (tertiary/aromatic N) is 4. The van der Waals surface area contributed by atoms with E-state index in [0.29, 0.717) is 11.1 Å². The molecule has 0 spiro atoms. The number of fused-ring (bicyclic) bond motifs is 3. The minimum atomic E-state index is -0.0471. The van der Waals surface area contributed by atoms with E-state index in [-0.39, 0.29) is 18.0 Å². The van der Waals surface area contributed by atoms with Crippen LogP contribution in [0.25, 0.3) is 0 Å². The summed E-state index contributed by atoms with van der Waals surface area (Å²) in [5.74, 6) is 3.36. The van der Waals surface area contributed by atoms with Crippen molar-refractivity contribution in [2.45, 2.75) is 50.1 Å². The molecule has 4 aromatic rings. The van der Waals surface area contributed by atoms with Gasteiger partial charge in [-0.3, -0.25) is 0 Å². The maximum atomic E-state index is 10.0. The molecule has 2 aliphatic carbocycles. The first-order valence-corrected chi connectivity index (χ1v) is 15.3. The van der Waals surface area contributed by atoms with E-state index < -0.39 is 0 Å². The number of allylic oxidation sites excluding steroid dienone is 3. The first-order chi connectivity index (χ1) is 21.7. The second-order valence-electron chi connectivity index (χ2n) is 11.8. The second kappa shape index (κ2) is 10.7. The minimum Gasteiger partial charge on any atom is -0.453 e. The molecule has 0 amide bonds. The van der Waals surface area contributed by atoms with Crippen molar-refractivity contribution in [3.8, 4) is 29.4 Å². The number of ether oxygens (including phenoxy) is 2. The van der Waals surface area contributed by atoms with Gasteiger partial charge >= 0.3 is 0 Å². The van der Waals surface area contributed by atoms with Crippen LogP contribution in [0.2, 0.25) is 0 Å². The van der Waals surface area contributed by atoms with E-state index in [1.54, 1.807) is 6.07 Å². The van der Waals surface area contributed by atoms with Crippen LogP contribution in [-0.2, 0) is 0 Å². The summed E-state index contributed by atoms with van der Waals surface area (Å²) in [7, 11) is 0. The number of para-hydroxylation sites is 6. The van der Waals surface area contributed by atoms with Crippen molar-refractivity contribution >= 4 is 17.1 Å². The van der Waals surface area contributed by atoms with Gasteiger partial charge in [0.15, 0.2) is 17.2 Å². The molecule has 0 radical (unpaired) electrons. The van der Waals surface area contributed by atoms with Crippen molar-refractivity contribution < 1.29 is 9.47 Å². The lowest BCUT2D eigenvalue weighted by Crippen LogP contribution is -2.52. The van der Waals surface area contributed by atoms with Crippen molar-refractivity contribution in [3.63, 3.8) is 0 Å². The van der Waals surface area contributed by atoms with Crippen LogP contribution in [0.3, 0.4) is 0 Å². The Labute approximate surface area is 257 Å². The molecule has 6 nitrogen and oxygen atoms in total. The Hall–Kier alpha value is -5.46. The molecule has 0 saturated heterocycles. The van der Waals surface area contributed by atoms with Crippen LogP contribution < -0.4 is 19.3 Å². The van der Waals surface area contributed by atoms with Crippen molar-refractivity contribution in [2.24, 2.45) is 0 Å². The summed E-state index contributed by atoms with van der Waals surface area (Å²) in [5, 5.41) is 20.1. The molecule has 4 aliphatic rings. The predicted octanol–water partition coefficient (Wildman–Crippen LogP) is 8.84. The molecule has 8 rings (SSSR count). The van der Waals surface area contributed by atoms with Gasteiger partial charge in [0.05, 0.1) is 46.0 Å². The number of hydrogen-bond acceptors (Lipinski definition) is 6. The van der Waals surface area contributed by atoms with Crippen molar-refractivity contribution in [1.29, 1.82) is 10.5 Å². The molecular formula is C38H30N4O2. The average Bonchev–Trinajstić information content (AvgIpc) is 3.09. The SMILES string of the molecule is N#Cc1cc(C#N)cc(C2C(N3C4=C(C=CCC4)Oc4ccccc43)CCCC2N2c3ccccc3Oc3ccccc32)c1. The number of rotatable bonds is 3. The zero-order valence-electron chi connectivity index (χ0n) is 24.2. The molecule has 0 aromatic heterocycles. The zero-order valence-corrected chi connectivity index (χ0v) is 24.2. The molecule has 0 bridgehead atoms. The van der Waals surface area contributed by atoms with Gasteiger partial charge < -0.3 is 19.3 Å². The Kier molecular flexibility index (Phi) is 6.35. The van der Waals surface area contributed by atoms with E-state index in [4.69, 9.17) is 9.47 Å². The molecule has 2 aliphatic heterocycles. The highest BCUT2D eigenvalue weighted by Crippen LogP contribution is 2.54. The summed E-state index contributed by atoms with van der Waals surface area (Å²) in [6.45, 7) is 0. The van der Waals surface area contributed by atoms with Gasteiger partial charge in [-0.25, -0.2) is 0 Å². The van der Waals surface area contributed by atoms with Crippen molar-refractivity contribution in [1.82, 2.24) is 0 Å². The largest absolute Gasteiger partial charge is 0.453 e. The first kappa shape index (κ1) is 26.2. The quantitative estimate of drug-likeness (QED) is 0.243. The highest BCUT2D eigenvalue weighted by atomic mass is 16.5. The molecular weight excluding hydrogens is 544 g/mol. The summed E-state index contributed by atoms with van der Waals surface area (Å²) in [5.41, 5.74) is 6.34. The molecule has 1 saturated carbocycles. The maximum Gasteiger partial charge on any atom is 0.151 e. The van der Waals surface area contributed by atoms with Crippen LogP contribution in [-0.4, -0.2) is 12.1 Å². The molecule has 3 unspecified atom stereocenters. The summed E-state index contributed by atoms with van der Waals surface area (Å²) in [4.78, 5) is 4.98. The Morgan fingerprint density at radius 3 is 1.82 bits per heavy atom. The van der Waals surface area contributed by atoms with E-state index in [9.17, 15) is 10.5 Å². The molecule has 2 heterocycles. The van der Waals surface area contributed by atoms with E-state index in [2.05, 4.69) is 70.5 Å². The molecule has 6 heteroatoms. The van der Waals surface area contributed by atoms with Gasteiger partial charge in [-0.15, -0.1) is 0 Å². The van der Waals surface area contributed by atoms with Crippen LogP contribution >= 0.6 is 0 Å². The Morgan fingerprint density at radius 1 is 0.659 bits per heavy atom. The monoisotopic (exact) mass is 574 g/mol. The van der Waals surface area contributed by atoms with Crippen molar-refractivity contribution in [2.75, 3.05) is 9.80 Å². The zero-order chi connectivity index (χ0) is 29.6. The van der Waals surface area contributed by atoms with E-state index in [1.807, 2.05) is 48.5 Å². The smallest absolute Gasteiger partial charge is 0.151 e. The van der Waals surface area contributed by atoms with Gasteiger partial charge in [0, 0.05) is 18.0 Å². The van der Waals surface area contributed by atoms with Gasteiger partial charge in [-0.1, -0.05) is 42.5 Å². The Balaban J connectivity index is 1.36. The summed E-state index contributed by atoms with van der Waals surface area (Å²) >= 11 is 0. The van der Waals surface area contributed by atoms with Crippen LogP contribution in [0.1, 0.15) is 54.7 Å².